The number of esters is 1. The Kier molecular flexibility index (Phi) is 6.18. The summed E-state index contributed by atoms with van der Waals surface area (Å²) >= 11 is 3.39. The lowest BCUT2D eigenvalue weighted by Crippen LogP contribution is -1.99. The molecule has 31 heavy (non-hydrogen) atoms. The van der Waals surface area contributed by atoms with Crippen LogP contribution in [-0.4, -0.2) is 13.1 Å². The van der Waals surface area contributed by atoms with Gasteiger partial charge in [-0.2, -0.15) is 0 Å². The van der Waals surface area contributed by atoms with Crippen molar-refractivity contribution in [2.75, 3.05) is 7.11 Å². The molecule has 0 saturated heterocycles. The van der Waals surface area contributed by atoms with E-state index in [1.54, 1.807) is 43.5 Å². The quantitative estimate of drug-likeness (QED) is 0.313. The summed E-state index contributed by atoms with van der Waals surface area (Å²) in [6.45, 7) is 0.280. The van der Waals surface area contributed by atoms with Crippen LogP contribution in [0.5, 0.6) is 11.5 Å². The zero-order valence-electron chi connectivity index (χ0n) is 16.6. The van der Waals surface area contributed by atoms with Gasteiger partial charge in [-0.25, -0.2) is 9.18 Å². The lowest BCUT2D eigenvalue weighted by molar-refractivity contribution is -0.130. The van der Waals surface area contributed by atoms with Crippen LogP contribution < -0.4 is 9.47 Å². The standard InChI is InChI=1S/C25H18BrFO4/c1-29-24-13-17(4-11-22(24)30-15-16-2-9-21(27)10-3-16)12-19-14-23(31-25(19)28)18-5-7-20(26)8-6-18/h2-14H,15H2,1H3/b19-12+. The van der Waals surface area contributed by atoms with Gasteiger partial charge in [0.15, 0.2) is 11.5 Å². The lowest BCUT2D eigenvalue weighted by Gasteiger charge is -2.11. The minimum atomic E-state index is -0.409. The Morgan fingerprint density at radius 3 is 2.45 bits per heavy atom. The summed E-state index contributed by atoms with van der Waals surface area (Å²) in [4.78, 5) is 12.3. The minimum absolute atomic E-state index is 0.280. The van der Waals surface area contributed by atoms with Crippen molar-refractivity contribution in [3.8, 4) is 11.5 Å². The second kappa shape index (κ2) is 9.18. The van der Waals surface area contributed by atoms with Crippen LogP contribution in [-0.2, 0) is 16.1 Å². The number of benzene rings is 3. The summed E-state index contributed by atoms with van der Waals surface area (Å²) in [6.07, 6.45) is 3.46. The van der Waals surface area contributed by atoms with E-state index in [9.17, 15) is 9.18 Å². The number of carbonyl (C=O) groups excluding carboxylic acids is 1. The van der Waals surface area contributed by atoms with E-state index in [0.29, 0.717) is 22.8 Å². The summed E-state index contributed by atoms with van der Waals surface area (Å²) in [6, 6.07) is 19.0. The van der Waals surface area contributed by atoms with Gasteiger partial charge in [0.05, 0.1) is 12.7 Å². The molecule has 156 valence electrons. The van der Waals surface area contributed by atoms with Crippen LogP contribution in [0.3, 0.4) is 0 Å². The van der Waals surface area contributed by atoms with Crippen LogP contribution in [0.25, 0.3) is 11.8 Å². The van der Waals surface area contributed by atoms with Gasteiger partial charge < -0.3 is 14.2 Å². The SMILES string of the molecule is COc1cc(/C=C2\C=C(c3ccc(Br)cc3)OC2=O)ccc1OCc1ccc(F)cc1. The Bertz CT molecular complexity index is 1170. The molecule has 3 aromatic rings. The molecule has 0 spiro atoms. The van der Waals surface area contributed by atoms with E-state index in [0.717, 1.165) is 21.2 Å². The topological polar surface area (TPSA) is 44.8 Å². The fourth-order valence-corrected chi connectivity index (χ4v) is 3.32. The van der Waals surface area contributed by atoms with Crippen LogP contribution in [0.1, 0.15) is 16.7 Å². The number of carbonyl (C=O) groups is 1. The van der Waals surface area contributed by atoms with Gasteiger partial charge in [0.2, 0.25) is 0 Å². The van der Waals surface area contributed by atoms with Gasteiger partial charge in [-0.1, -0.05) is 46.3 Å². The van der Waals surface area contributed by atoms with Crippen LogP contribution in [0.4, 0.5) is 4.39 Å². The van der Waals surface area contributed by atoms with E-state index in [1.807, 2.05) is 30.3 Å². The molecule has 0 amide bonds. The van der Waals surface area contributed by atoms with E-state index in [1.165, 1.54) is 12.1 Å². The largest absolute Gasteiger partial charge is 0.493 e. The van der Waals surface area contributed by atoms with E-state index >= 15 is 0 Å². The molecule has 1 aliphatic heterocycles. The molecule has 1 heterocycles. The average molecular weight is 481 g/mol. The number of methoxy groups -OCH3 is 1. The van der Waals surface area contributed by atoms with Crippen molar-refractivity contribution >= 4 is 33.7 Å². The molecule has 0 radical (unpaired) electrons. The third-order valence-electron chi connectivity index (χ3n) is 4.67. The van der Waals surface area contributed by atoms with Crippen molar-refractivity contribution in [1.82, 2.24) is 0 Å². The second-order valence-electron chi connectivity index (χ2n) is 6.83. The molecule has 0 atom stereocenters. The fraction of sp³-hybridized carbons (Fsp3) is 0.0800. The zero-order chi connectivity index (χ0) is 21.8. The molecule has 0 unspecified atom stereocenters. The number of halogens is 2. The number of ether oxygens (including phenoxy) is 3. The highest BCUT2D eigenvalue weighted by molar-refractivity contribution is 9.10. The van der Waals surface area contributed by atoms with Gasteiger partial charge in [-0.05, 0) is 59.7 Å². The Morgan fingerprint density at radius 2 is 1.74 bits per heavy atom. The Morgan fingerprint density at radius 1 is 1.00 bits per heavy atom. The molecule has 0 fully saturated rings. The van der Waals surface area contributed by atoms with Crippen LogP contribution in [0.2, 0.25) is 0 Å². The molecule has 3 aromatic carbocycles. The van der Waals surface area contributed by atoms with Crippen molar-refractivity contribution in [2.45, 2.75) is 6.61 Å². The Hall–Kier alpha value is -3.38. The molecule has 1 aliphatic rings. The van der Waals surface area contributed by atoms with Crippen LogP contribution in [0.15, 0.2) is 82.9 Å². The molecule has 4 rings (SSSR count). The van der Waals surface area contributed by atoms with Gasteiger partial charge in [0.1, 0.15) is 18.2 Å². The van der Waals surface area contributed by atoms with Gasteiger partial charge >= 0.3 is 5.97 Å². The zero-order valence-corrected chi connectivity index (χ0v) is 18.2. The normalized spacial score (nSPS) is 14.4. The molecule has 0 aromatic heterocycles. The summed E-state index contributed by atoms with van der Waals surface area (Å²) < 4.78 is 30.6. The monoisotopic (exact) mass is 480 g/mol. The first-order chi connectivity index (χ1) is 15.0. The van der Waals surface area contributed by atoms with E-state index in [2.05, 4.69) is 15.9 Å². The van der Waals surface area contributed by atoms with Gasteiger partial charge in [-0.3, -0.25) is 0 Å². The first kappa shape index (κ1) is 20.9. The Labute approximate surface area is 187 Å². The molecule has 4 nitrogen and oxygen atoms in total. The van der Waals surface area contributed by atoms with Crippen LogP contribution >= 0.6 is 15.9 Å². The number of hydrogen-bond donors (Lipinski definition) is 0. The van der Waals surface area contributed by atoms with E-state index in [-0.39, 0.29) is 12.4 Å². The minimum Gasteiger partial charge on any atom is -0.493 e. The lowest BCUT2D eigenvalue weighted by atomic mass is 10.1. The van der Waals surface area contributed by atoms with Crippen molar-refractivity contribution in [2.24, 2.45) is 0 Å². The smallest absolute Gasteiger partial charge is 0.343 e. The number of hydrogen-bond acceptors (Lipinski definition) is 4. The molecular formula is C25H18BrFO4. The maximum Gasteiger partial charge on any atom is 0.343 e. The predicted molar refractivity (Wildman–Crippen MR) is 120 cm³/mol. The van der Waals surface area contributed by atoms with Gasteiger partial charge in [0.25, 0.3) is 0 Å². The van der Waals surface area contributed by atoms with Crippen molar-refractivity contribution in [3.63, 3.8) is 0 Å². The van der Waals surface area contributed by atoms with Crippen molar-refractivity contribution < 1.29 is 23.4 Å². The molecular weight excluding hydrogens is 463 g/mol. The summed E-state index contributed by atoms with van der Waals surface area (Å²) in [5.74, 6) is 0.888. The predicted octanol–water partition coefficient (Wildman–Crippen LogP) is 6.16. The summed E-state index contributed by atoms with van der Waals surface area (Å²) in [5.41, 5.74) is 2.88. The highest BCUT2D eigenvalue weighted by Crippen LogP contribution is 2.32. The number of rotatable bonds is 6. The van der Waals surface area contributed by atoms with Gasteiger partial charge in [-0.15, -0.1) is 0 Å². The van der Waals surface area contributed by atoms with Crippen LogP contribution in [0, 0.1) is 5.82 Å². The average Bonchev–Trinajstić information content (AvgIpc) is 3.14. The molecule has 0 saturated carbocycles. The molecule has 0 bridgehead atoms. The Balaban J connectivity index is 1.52. The molecule has 0 aliphatic carbocycles. The first-order valence-electron chi connectivity index (χ1n) is 9.48. The van der Waals surface area contributed by atoms with Crippen molar-refractivity contribution in [3.05, 3.63) is 105 Å². The van der Waals surface area contributed by atoms with E-state index in [4.69, 9.17) is 14.2 Å². The van der Waals surface area contributed by atoms with Gasteiger partial charge in [0, 0.05) is 10.0 Å². The first-order valence-corrected chi connectivity index (χ1v) is 10.3. The maximum atomic E-state index is 13.0. The third kappa shape index (κ3) is 5.03. The highest BCUT2D eigenvalue weighted by Gasteiger charge is 2.22. The number of cyclic esters (lactones) is 1. The van der Waals surface area contributed by atoms with Crippen molar-refractivity contribution in [1.29, 1.82) is 0 Å². The molecule has 6 heteroatoms. The summed E-state index contributed by atoms with van der Waals surface area (Å²) in [7, 11) is 1.55. The second-order valence-corrected chi connectivity index (χ2v) is 7.75. The summed E-state index contributed by atoms with van der Waals surface area (Å²) in [5, 5.41) is 0. The van der Waals surface area contributed by atoms with E-state index < -0.39 is 5.97 Å². The maximum absolute atomic E-state index is 13.0. The third-order valence-corrected chi connectivity index (χ3v) is 5.20. The highest BCUT2D eigenvalue weighted by atomic mass is 79.9. The fourth-order valence-electron chi connectivity index (χ4n) is 3.06. The molecule has 0 N–H and O–H groups in total.